The van der Waals surface area contributed by atoms with E-state index < -0.39 is 10.0 Å². The van der Waals surface area contributed by atoms with Crippen LogP contribution in [0.5, 0.6) is 0 Å². The van der Waals surface area contributed by atoms with Gasteiger partial charge in [-0.2, -0.15) is 0 Å². The van der Waals surface area contributed by atoms with Gasteiger partial charge in [0.2, 0.25) is 10.0 Å². The lowest BCUT2D eigenvalue weighted by Gasteiger charge is -2.09. The molecule has 0 saturated heterocycles. The number of rotatable bonds is 6. The number of anilines is 1. The van der Waals surface area contributed by atoms with E-state index in [0.29, 0.717) is 12.5 Å². The van der Waals surface area contributed by atoms with Crippen molar-refractivity contribution in [2.24, 2.45) is 5.92 Å². The van der Waals surface area contributed by atoms with Gasteiger partial charge in [-0.1, -0.05) is 13.8 Å². The first kappa shape index (κ1) is 13.9. The summed E-state index contributed by atoms with van der Waals surface area (Å²) in [5.74, 6) is 0.572. The molecule has 0 unspecified atom stereocenters. The quantitative estimate of drug-likeness (QED) is 0.754. The van der Waals surface area contributed by atoms with Crippen LogP contribution in [0.4, 0.5) is 5.69 Å². The molecule has 17 heavy (non-hydrogen) atoms. The lowest BCUT2D eigenvalue weighted by Crippen LogP contribution is -2.26. The lowest BCUT2D eigenvalue weighted by molar-refractivity contribution is 0.540. The molecule has 96 valence electrons. The number of pyridine rings is 1. The van der Waals surface area contributed by atoms with Crippen molar-refractivity contribution in [2.45, 2.75) is 31.6 Å². The molecular weight excluding hydrogens is 238 g/mol. The smallest absolute Gasteiger partial charge is 0.244 e. The molecule has 1 aromatic heterocycles. The van der Waals surface area contributed by atoms with E-state index in [4.69, 9.17) is 5.73 Å². The Hall–Kier alpha value is -1.14. The summed E-state index contributed by atoms with van der Waals surface area (Å²) in [6.07, 6.45) is 4.54. The Morgan fingerprint density at radius 1 is 1.47 bits per heavy atom. The van der Waals surface area contributed by atoms with E-state index in [1.807, 2.05) is 0 Å². The van der Waals surface area contributed by atoms with Gasteiger partial charge in [0, 0.05) is 18.9 Å². The topological polar surface area (TPSA) is 85.1 Å². The van der Waals surface area contributed by atoms with Crippen molar-refractivity contribution in [1.29, 1.82) is 0 Å². The molecule has 0 radical (unpaired) electrons. The summed E-state index contributed by atoms with van der Waals surface area (Å²) in [7, 11) is -3.53. The average Bonchev–Trinajstić information content (AvgIpc) is 2.24. The number of nitrogens with one attached hydrogen (secondary N) is 1. The fourth-order valence-electron chi connectivity index (χ4n) is 1.41. The molecule has 0 bridgehead atoms. The number of hydrogen-bond donors (Lipinski definition) is 2. The Morgan fingerprint density at radius 2 is 2.18 bits per heavy atom. The van der Waals surface area contributed by atoms with Crippen LogP contribution in [0.15, 0.2) is 23.4 Å². The van der Waals surface area contributed by atoms with Gasteiger partial charge in [-0.15, -0.1) is 0 Å². The van der Waals surface area contributed by atoms with Crippen LogP contribution in [-0.4, -0.2) is 19.9 Å². The van der Waals surface area contributed by atoms with Crippen molar-refractivity contribution < 1.29 is 8.42 Å². The Balaban J connectivity index is 2.61. The third kappa shape index (κ3) is 4.32. The Kier molecular flexibility index (Phi) is 4.89. The first-order valence-electron chi connectivity index (χ1n) is 5.62. The van der Waals surface area contributed by atoms with Crippen LogP contribution in [0, 0.1) is 5.92 Å². The van der Waals surface area contributed by atoms with Gasteiger partial charge < -0.3 is 5.73 Å². The van der Waals surface area contributed by atoms with Crippen LogP contribution < -0.4 is 10.5 Å². The molecule has 0 spiro atoms. The van der Waals surface area contributed by atoms with Crippen LogP contribution in [0.3, 0.4) is 0 Å². The summed E-state index contributed by atoms with van der Waals surface area (Å²) in [6, 6.07) is 1.47. The van der Waals surface area contributed by atoms with E-state index in [2.05, 4.69) is 23.6 Å². The van der Waals surface area contributed by atoms with Crippen LogP contribution >= 0.6 is 0 Å². The minimum atomic E-state index is -3.53. The third-order valence-corrected chi connectivity index (χ3v) is 3.86. The number of nitrogens with zero attached hydrogens (tertiary/aromatic N) is 1. The SMILES string of the molecule is CC(C)CCCNS(=O)(=O)c1cnccc1N. The number of aromatic nitrogens is 1. The molecule has 5 nitrogen and oxygen atoms in total. The molecule has 0 fully saturated rings. The zero-order valence-electron chi connectivity index (χ0n) is 10.2. The minimum absolute atomic E-state index is 0.0459. The highest BCUT2D eigenvalue weighted by molar-refractivity contribution is 7.89. The average molecular weight is 257 g/mol. The molecule has 1 heterocycles. The molecule has 0 aliphatic rings. The summed E-state index contributed by atoms with van der Waals surface area (Å²) in [5, 5.41) is 0. The second kappa shape index (κ2) is 5.97. The van der Waals surface area contributed by atoms with Crippen LogP contribution in [0.2, 0.25) is 0 Å². The first-order valence-corrected chi connectivity index (χ1v) is 7.11. The highest BCUT2D eigenvalue weighted by Gasteiger charge is 2.16. The van der Waals surface area contributed by atoms with E-state index in [1.54, 1.807) is 0 Å². The maximum atomic E-state index is 11.9. The zero-order chi connectivity index (χ0) is 12.9. The van der Waals surface area contributed by atoms with Gasteiger partial charge in [0.25, 0.3) is 0 Å². The van der Waals surface area contributed by atoms with Crippen molar-refractivity contribution in [3.8, 4) is 0 Å². The van der Waals surface area contributed by atoms with Gasteiger partial charge in [0.1, 0.15) is 4.90 Å². The van der Waals surface area contributed by atoms with Crippen LogP contribution in [0.25, 0.3) is 0 Å². The molecule has 0 aromatic carbocycles. The highest BCUT2D eigenvalue weighted by atomic mass is 32.2. The van der Waals surface area contributed by atoms with E-state index in [1.165, 1.54) is 18.5 Å². The Bertz CT molecular complexity index is 458. The van der Waals surface area contributed by atoms with Crippen LogP contribution in [-0.2, 0) is 10.0 Å². The zero-order valence-corrected chi connectivity index (χ0v) is 11.0. The minimum Gasteiger partial charge on any atom is -0.398 e. The highest BCUT2D eigenvalue weighted by Crippen LogP contribution is 2.15. The Labute approximate surface area is 102 Å². The van der Waals surface area contributed by atoms with Crippen LogP contribution in [0.1, 0.15) is 26.7 Å². The number of nitrogen functional groups attached to an aromatic ring is 1. The van der Waals surface area contributed by atoms with Gasteiger partial charge in [-0.25, -0.2) is 13.1 Å². The largest absolute Gasteiger partial charge is 0.398 e. The van der Waals surface area contributed by atoms with Crippen molar-refractivity contribution in [1.82, 2.24) is 9.71 Å². The molecule has 3 N–H and O–H groups in total. The predicted molar refractivity (Wildman–Crippen MR) is 67.9 cm³/mol. The van der Waals surface area contributed by atoms with Crippen molar-refractivity contribution >= 4 is 15.7 Å². The summed E-state index contributed by atoms with van der Waals surface area (Å²) in [4.78, 5) is 3.81. The Morgan fingerprint density at radius 3 is 2.76 bits per heavy atom. The molecule has 0 aliphatic heterocycles. The summed E-state index contributed by atoms with van der Waals surface area (Å²) >= 11 is 0. The van der Waals surface area contributed by atoms with E-state index in [-0.39, 0.29) is 10.6 Å². The monoisotopic (exact) mass is 257 g/mol. The second-order valence-electron chi connectivity index (χ2n) is 4.35. The van der Waals surface area contributed by atoms with Gasteiger partial charge in [-0.3, -0.25) is 4.98 Å². The lowest BCUT2D eigenvalue weighted by atomic mass is 10.1. The van der Waals surface area contributed by atoms with Crippen molar-refractivity contribution in [3.05, 3.63) is 18.5 Å². The standard InChI is InChI=1S/C11H19N3O2S/c1-9(2)4-3-6-14-17(15,16)11-8-13-7-5-10(11)12/h5,7-9,14H,3-4,6H2,1-2H3,(H2,12,13). The van der Waals surface area contributed by atoms with E-state index in [9.17, 15) is 8.42 Å². The normalized spacial score (nSPS) is 11.9. The number of sulfonamides is 1. The molecule has 6 heteroatoms. The summed E-state index contributed by atoms with van der Waals surface area (Å²) in [6.45, 7) is 4.63. The van der Waals surface area contributed by atoms with E-state index in [0.717, 1.165) is 12.8 Å². The summed E-state index contributed by atoms with van der Waals surface area (Å²) in [5.41, 5.74) is 5.82. The van der Waals surface area contributed by atoms with Gasteiger partial charge >= 0.3 is 0 Å². The third-order valence-electron chi connectivity index (χ3n) is 2.36. The van der Waals surface area contributed by atoms with Gasteiger partial charge in [-0.05, 0) is 24.8 Å². The van der Waals surface area contributed by atoms with Gasteiger partial charge in [0.05, 0.1) is 5.69 Å². The summed E-state index contributed by atoms with van der Waals surface area (Å²) < 4.78 is 26.3. The molecule has 0 atom stereocenters. The molecular formula is C11H19N3O2S. The first-order chi connectivity index (χ1) is 7.93. The maximum Gasteiger partial charge on any atom is 0.244 e. The fraction of sp³-hybridized carbons (Fsp3) is 0.545. The second-order valence-corrected chi connectivity index (χ2v) is 6.08. The fourth-order valence-corrected chi connectivity index (χ4v) is 2.56. The molecule has 0 amide bonds. The number of nitrogens with two attached hydrogens (primary N) is 1. The predicted octanol–water partition coefficient (Wildman–Crippen LogP) is 1.38. The maximum absolute atomic E-state index is 11.9. The van der Waals surface area contributed by atoms with E-state index >= 15 is 0 Å². The van der Waals surface area contributed by atoms with Gasteiger partial charge in [0.15, 0.2) is 0 Å². The van der Waals surface area contributed by atoms with Crippen molar-refractivity contribution in [3.63, 3.8) is 0 Å². The molecule has 1 rings (SSSR count). The molecule has 0 aliphatic carbocycles. The van der Waals surface area contributed by atoms with Crippen molar-refractivity contribution in [2.75, 3.05) is 12.3 Å². The molecule has 0 saturated carbocycles. The number of hydrogen-bond acceptors (Lipinski definition) is 4. The molecule has 1 aromatic rings.